The summed E-state index contributed by atoms with van der Waals surface area (Å²) in [4.78, 5) is 6.54. The minimum absolute atomic E-state index is 0.193. The summed E-state index contributed by atoms with van der Waals surface area (Å²) in [6, 6.07) is 7.28. The Morgan fingerprint density at radius 3 is 2.70 bits per heavy atom. The lowest BCUT2D eigenvalue weighted by atomic mass is 10.2. The summed E-state index contributed by atoms with van der Waals surface area (Å²) in [6.45, 7) is 4.58. The molecule has 0 saturated carbocycles. The molecule has 6 heteroatoms. The van der Waals surface area contributed by atoms with E-state index in [4.69, 9.17) is 21.2 Å². The van der Waals surface area contributed by atoms with Crippen molar-refractivity contribution in [3.05, 3.63) is 35.1 Å². The van der Waals surface area contributed by atoms with Crippen LogP contribution in [0.25, 0.3) is 11.5 Å². The lowest BCUT2D eigenvalue weighted by Crippen LogP contribution is -2.25. The number of rotatable bonds is 7. The van der Waals surface area contributed by atoms with Gasteiger partial charge in [0, 0.05) is 23.7 Å². The lowest BCUT2D eigenvalue weighted by molar-refractivity contribution is 0.220. The highest BCUT2D eigenvalue weighted by Gasteiger charge is 2.11. The van der Waals surface area contributed by atoms with Crippen LogP contribution >= 0.6 is 11.6 Å². The topological polar surface area (TPSA) is 62.4 Å². The lowest BCUT2D eigenvalue weighted by Gasteiger charge is -2.17. The van der Waals surface area contributed by atoms with Crippen LogP contribution in [0.1, 0.15) is 19.2 Å². The van der Waals surface area contributed by atoms with Crippen molar-refractivity contribution in [1.29, 1.82) is 0 Å². The van der Waals surface area contributed by atoms with Gasteiger partial charge in [0.1, 0.15) is 0 Å². The Bertz CT molecular complexity index is 527. The fraction of sp³-hybridized carbons (Fsp3) is 0.429. The highest BCUT2D eigenvalue weighted by molar-refractivity contribution is 6.30. The summed E-state index contributed by atoms with van der Waals surface area (Å²) in [5, 5.41) is 13.5. The zero-order valence-corrected chi connectivity index (χ0v) is 12.2. The molecule has 1 aromatic carbocycles. The van der Waals surface area contributed by atoms with Gasteiger partial charge in [-0.15, -0.1) is 0 Å². The van der Waals surface area contributed by atoms with E-state index in [-0.39, 0.29) is 6.61 Å². The van der Waals surface area contributed by atoms with Crippen molar-refractivity contribution in [2.75, 3.05) is 19.7 Å². The number of aromatic nitrogens is 2. The van der Waals surface area contributed by atoms with Gasteiger partial charge in [0.05, 0.1) is 6.54 Å². The molecule has 108 valence electrons. The quantitative estimate of drug-likeness (QED) is 0.850. The predicted molar refractivity (Wildman–Crippen MR) is 77.4 cm³/mol. The Labute approximate surface area is 123 Å². The van der Waals surface area contributed by atoms with Gasteiger partial charge in [0.15, 0.2) is 5.82 Å². The van der Waals surface area contributed by atoms with E-state index in [1.165, 1.54) is 0 Å². The molecule has 0 radical (unpaired) electrons. The third-order valence-corrected chi connectivity index (χ3v) is 3.26. The Kier molecular flexibility index (Phi) is 5.52. The summed E-state index contributed by atoms with van der Waals surface area (Å²) in [6.07, 6.45) is 0.746. The first-order valence-electron chi connectivity index (χ1n) is 6.64. The summed E-state index contributed by atoms with van der Waals surface area (Å²) in [7, 11) is 0. The van der Waals surface area contributed by atoms with Gasteiger partial charge in [-0.05, 0) is 37.2 Å². The fourth-order valence-corrected chi connectivity index (χ4v) is 2.00. The Morgan fingerprint density at radius 1 is 1.30 bits per heavy atom. The van der Waals surface area contributed by atoms with Crippen molar-refractivity contribution in [3.8, 4) is 11.5 Å². The molecule has 0 amide bonds. The van der Waals surface area contributed by atoms with Crippen LogP contribution in [0.2, 0.25) is 5.02 Å². The largest absolute Gasteiger partial charge is 0.396 e. The van der Waals surface area contributed by atoms with Crippen molar-refractivity contribution < 1.29 is 9.63 Å². The molecule has 0 unspecified atom stereocenters. The molecule has 0 aliphatic carbocycles. The number of aliphatic hydroxyl groups is 1. The van der Waals surface area contributed by atoms with E-state index in [2.05, 4.69) is 22.0 Å². The molecule has 0 aliphatic heterocycles. The van der Waals surface area contributed by atoms with Crippen molar-refractivity contribution in [2.24, 2.45) is 0 Å². The van der Waals surface area contributed by atoms with Crippen LogP contribution < -0.4 is 0 Å². The third-order valence-electron chi connectivity index (χ3n) is 3.00. The van der Waals surface area contributed by atoms with E-state index in [0.29, 0.717) is 23.3 Å². The first-order chi connectivity index (χ1) is 9.72. The first kappa shape index (κ1) is 15.0. The summed E-state index contributed by atoms with van der Waals surface area (Å²) < 4.78 is 5.26. The van der Waals surface area contributed by atoms with Gasteiger partial charge in [-0.25, -0.2) is 0 Å². The second-order valence-electron chi connectivity index (χ2n) is 4.47. The molecule has 0 saturated heterocycles. The van der Waals surface area contributed by atoms with Crippen LogP contribution in [0.5, 0.6) is 0 Å². The SMILES string of the molecule is CCN(CCCO)Cc1noc(-c2ccc(Cl)cc2)n1. The number of hydrogen-bond donors (Lipinski definition) is 1. The van der Waals surface area contributed by atoms with E-state index in [0.717, 1.165) is 25.1 Å². The van der Waals surface area contributed by atoms with E-state index in [1.54, 1.807) is 12.1 Å². The first-order valence-corrected chi connectivity index (χ1v) is 7.02. The van der Waals surface area contributed by atoms with Gasteiger partial charge in [-0.3, -0.25) is 4.90 Å². The second kappa shape index (κ2) is 7.38. The molecule has 0 fully saturated rings. The summed E-state index contributed by atoms with van der Waals surface area (Å²) >= 11 is 5.85. The number of nitrogens with zero attached hydrogens (tertiary/aromatic N) is 3. The van der Waals surface area contributed by atoms with Crippen molar-refractivity contribution in [3.63, 3.8) is 0 Å². The average Bonchev–Trinajstić information content (AvgIpc) is 2.92. The molecule has 1 aromatic heterocycles. The highest BCUT2D eigenvalue weighted by Crippen LogP contribution is 2.19. The van der Waals surface area contributed by atoms with E-state index < -0.39 is 0 Å². The number of halogens is 1. The van der Waals surface area contributed by atoms with Crippen molar-refractivity contribution in [2.45, 2.75) is 19.9 Å². The molecular weight excluding hydrogens is 278 g/mol. The molecule has 2 aromatic rings. The van der Waals surface area contributed by atoms with Crippen molar-refractivity contribution >= 4 is 11.6 Å². The maximum atomic E-state index is 8.86. The second-order valence-corrected chi connectivity index (χ2v) is 4.91. The fourth-order valence-electron chi connectivity index (χ4n) is 1.87. The molecular formula is C14H18ClN3O2. The maximum Gasteiger partial charge on any atom is 0.257 e. The molecule has 1 N–H and O–H groups in total. The van der Waals surface area contributed by atoms with Gasteiger partial charge in [-0.1, -0.05) is 23.7 Å². The van der Waals surface area contributed by atoms with Crippen LogP contribution in [-0.2, 0) is 6.54 Å². The zero-order chi connectivity index (χ0) is 14.4. The molecule has 0 aliphatic rings. The van der Waals surface area contributed by atoms with Gasteiger partial charge in [0.25, 0.3) is 5.89 Å². The van der Waals surface area contributed by atoms with E-state index in [9.17, 15) is 0 Å². The highest BCUT2D eigenvalue weighted by atomic mass is 35.5. The van der Waals surface area contributed by atoms with E-state index in [1.807, 2.05) is 12.1 Å². The Balaban J connectivity index is 2.02. The monoisotopic (exact) mass is 295 g/mol. The molecule has 5 nitrogen and oxygen atoms in total. The smallest absolute Gasteiger partial charge is 0.257 e. The Hall–Kier alpha value is -1.43. The summed E-state index contributed by atoms with van der Waals surface area (Å²) in [5.41, 5.74) is 0.853. The normalized spacial score (nSPS) is 11.2. The number of hydrogen-bond acceptors (Lipinski definition) is 5. The molecule has 2 rings (SSSR count). The van der Waals surface area contributed by atoms with Crippen molar-refractivity contribution in [1.82, 2.24) is 15.0 Å². The minimum atomic E-state index is 0.193. The average molecular weight is 296 g/mol. The minimum Gasteiger partial charge on any atom is -0.396 e. The Morgan fingerprint density at radius 2 is 2.05 bits per heavy atom. The van der Waals surface area contributed by atoms with Crippen LogP contribution in [0.15, 0.2) is 28.8 Å². The predicted octanol–water partition coefficient (Wildman–Crippen LogP) is 2.59. The van der Waals surface area contributed by atoms with Gasteiger partial charge < -0.3 is 9.63 Å². The molecule has 0 atom stereocenters. The molecule has 0 spiro atoms. The molecule has 0 bridgehead atoms. The zero-order valence-electron chi connectivity index (χ0n) is 11.4. The van der Waals surface area contributed by atoms with Gasteiger partial charge in [0.2, 0.25) is 0 Å². The maximum absolute atomic E-state index is 8.86. The van der Waals surface area contributed by atoms with Gasteiger partial charge in [-0.2, -0.15) is 4.98 Å². The van der Waals surface area contributed by atoms with Crippen LogP contribution in [0.4, 0.5) is 0 Å². The summed E-state index contributed by atoms with van der Waals surface area (Å²) in [5.74, 6) is 1.14. The number of benzene rings is 1. The van der Waals surface area contributed by atoms with Crippen LogP contribution in [0.3, 0.4) is 0 Å². The van der Waals surface area contributed by atoms with E-state index >= 15 is 0 Å². The standard InChI is InChI=1S/C14H18ClN3O2/c1-2-18(8-3-9-19)10-13-16-14(20-17-13)11-4-6-12(15)7-5-11/h4-7,19H,2-3,8-10H2,1H3. The molecule has 1 heterocycles. The number of aliphatic hydroxyl groups excluding tert-OH is 1. The third kappa shape index (κ3) is 4.03. The van der Waals surface area contributed by atoms with Crippen LogP contribution in [0, 0.1) is 0 Å². The molecule has 20 heavy (non-hydrogen) atoms. The van der Waals surface area contributed by atoms with Gasteiger partial charge >= 0.3 is 0 Å². The van der Waals surface area contributed by atoms with Crippen LogP contribution in [-0.4, -0.2) is 39.8 Å².